The van der Waals surface area contributed by atoms with Gasteiger partial charge in [0.1, 0.15) is 0 Å². The van der Waals surface area contributed by atoms with Gasteiger partial charge in [-0.25, -0.2) is 0 Å². The van der Waals surface area contributed by atoms with E-state index in [1.54, 1.807) is 0 Å². The largest absolute Gasteiger partial charge is 0.392 e. The Hall–Kier alpha value is -0.940. The van der Waals surface area contributed by atoms with Crippen molar-refractivity contribution in [2.45, 2.75) is 26.2 Å². The fraction of sp³-hybridized carbons (Fsp3) is 0.385. The van der Waals surface area contributed by atoms with Gasteiger partial charge in [0.05, 0.1) is 16.1 Å². The first-order valence-electron chi connectivity index (χ1n) is 5.83. The second-order valence-electron chi connectivity index (χ2n) is 4.74. The molecule has 1 aliphatic rings. The van der Waals surface area contributed by atoms with Crippen molar-refractivity contribution in [2.24, 2.45) is 11.1 Å². The van der Waals surface area contributed by atoms with Crippen LogP contribution in [0.4, 0.5) is 5.69 Å². The van der Waals surface area contributed by atoms with Gasteiger partial charge in [0, 0.05) is 4.47 Å². The number of anilines is 1. The highest BCUT2D eigenvalue weighted by Gasteiger charge is 2.47. The Balaban J connectivity index is 2.19. The predicted octanol–water partition coefficient (Wildman–Crippen LogP) is 3.15. The molecule has 0 unspecified atom stereocenters. The van der Waals surface area contributed by atoms with Crippen LogP contribution in [0.25, 0.3) is 0 Å². The van der Waals surface area contributed by atoms with Gasteiger partial charge in [-0.05, 0) is 53.4 Å². The zero-order chi connectivity index (χ0) is 13.3. The summed E-state index contributed by atoms with van der Waals surface area (Å²) in [5, 5.41) is 2.91. The second kappa shape index (κ2) is 4.97. The molecule has 3 nitrogen and oxygen atoms in total. The van der Waals surface area contributed by atoms with Crippen molar-refractivity contribution in [1.29, 1.82) is 0 Å². The zero-order valence-corrected chi connectivity index (χ0v) is 12.5. The molecule has 0 spiro atoms. The number of nitrogens with two attached hydrogens (primary N) is 1. The Bertz CT molecular complexity index is 512. The number of benzene rings is 1. The van der Waals surface area contributed by atoms with Gasteiger partial charge in [0.15, 0.2) is 0 Å². The van der Waals surface area contributed by atoms with Crippen LogP contribution in [0.15, 0.2) is 22.7 Å². The molecule has 0 heterocycles. The van der Waals surface area contributed by atoms with E-state index in [4.69, 9.17) is 18.0 Å². The summed E-state index contributed by atoms with van der Waals surface area (Å²) in [6, 6.07) is 5.79. The van der Waals surface area contributed by atoms with E-state index in [2.05, 4.69) is 21.2 Å². The minimum absolute atomic E-state index is 0.0918. The highest BCUT2D eigenvalue weighted by molar-refractivity contribution is 9.10. The molecular weight excluding hydrogens is 312 g/mol. The summed E-state index contributed by atoms with van der Waals surface area (Å²) < 4.78 is 0.869. The van der Waals surface area contributed by atoms with Crippen molar-refractivity contribution >= 4 is 44.7 Å². The first-order chi connectivity index (χ1) is 8.45. The minimum atomic E-state index is -0.639. The second-order valence-corrected chi connectivity index (χ2v) is 6.03. The average Bonchev–Trinajstić information content (AvgIpc) is 2.19. The number of aryl methyl sites for hydroxylation is 1. The lowest BCUT2D eigenvalue weighted by molar-refractivity contribution is -0.125. The van der Waals surface area contributed by atoms with E-state index < -0.39 is 5.41 Å². The summed E-state index contributed by atoms with van der Waals surface area (Å²) in [7, 11) is 0. The van der Waals surface area contributed by atoms with Crippen molar-refractivity contribution in [1.82, 2.24) is 0 Å². The molecule has 96 valence electrons. The quantitative estimate of drug-likeness (QED) is 0.839. The van der Waals surface area contributed by atoms with Crippen molar-refractivity contribution in [2.75, 3.05) is 5.32 Å². The monoisotopic (exact) mass is 326 g/mol. The molecule has 1 aromatic rings. The lowest BCUT2D eigenvalue weighted by atomic mass is 9.68. The molecule has 0 bridgehead atoms. The lowest BCUT2D eigenvalue weighted by Gasteiger charge is -2.39. The number of rotatable bonds is 3. The minimum Gasteiger partial charge on any atom is -0.392 e. The number of hydrogen-bond donors (Lipinski definition) is 2. The smallest absolute Gasteiger partial charge is 0.237 e. The summed E-state index contributed by atoms with van der Waals surface area (Å²) in [4.78, 5) is 12.6. The molecule has 1 aliphatic carbocycles. The van der Waals surface area contributed by atoms with Crippen molar-refractivity contribution in [3.8, 4) is 0 Å². The SMILES string of the molecule is Cc1ccc(NC(=O)C2(C(N)=S)CCC2)c(Br)c1. The third-order valence-electron chi connectivity index (χ3n) is 3.49. The van der Waals surface area contributed by atoms with Crippen LogP contribution < -0.4 is 11.1 Å². The standard InChI is InChI=1S/C13H15BrN2OS/c1-8-3-4-10(9(14)7-8)16-12(17)13(11(15)18)5-2-6-13/h3-4,7H,2,5-6H2,1H3,(H2,15,18)(H,16,17). The van der Waals surface area contributed by atoms with Crippen LogP contribution in [0.1, 0.15) is 24.8 Å². The third kappa shape index (κ3) is 2.29. The van der Waals surface area contributed by atoms with Gasteiger partial charge in [0.2, 0.25) is 5.91 Å². The highest BCUT2D eigenvalue weighted by atomic mass is 79.9. The molecule has 1 saturated carbocycles. The number of carbonyl (C=O) groups excluding carboxylic acids is 1. The van der Waals surface area contributed by atoms with Gasteiger partial charge in [-0.1, -0.05) is 24.7 Å². The first kappa shape index (κ1) is 13.5. The summed E-state index contributed by atoms with van der Waals surface area (Å²) in [6.45, 7) is 2.00. The van der Waals surface area contributed by atoms with Crippen LogP contribution in [-0.2, 0) is 4.79 Å². The molecule has 0 aromatic heterocycles. The highest BCUT2D eigenvalue weighted by Crippen LogP contribution is 2.42. The van der Waals surface area contributed by atoms with E-state index >= 15 is 0 Å². The van der Waals surface area contributed by atoms with E-state index in [9.17, 15) is 4.79 Å². The number of hydrogen-bond acceptors (Lipinski definition) is 2. The molecule has 1 amide bonds. The fourth-order valence-corrected chi connectivity index (χ4v) is 2.97. The number of carbonyl (C=O) groups is 1. The van der Waals surface area contributed by atoms with E-state index in [1.165, 1.54) is 0 Å². The van der Waals surface area contributed by atoms with Crippen molar-refractivity contribution in [3.63, 3.8) is 0 Å². The van der Waals surface area contributed by atoms with Crippen LogP contribution >= 0.6 is 28.1 Å². The molecule has 0 radical (unpaired) electrons. The molecule has 0 saturated heterocycles. The number of halogens is 1. The maximum atomic E-state index is 12.3. The maximum Gasteiger partial charge on any atom is 0.237 e. The summed E-state index contributed by atoms with van der Waals surface area (Å²) in [6.07, 6.45) is 2.50. The van der Waals surface area contributed by atoms with E-state index in [0.717, 1.165) is 35.0 Å². The summed E-state index contributed by atoms with van der Waals surface area (Å²) >= 11 is 8.47. The number of thiocarbonyl (C=S) groups is 1. The Morgan fingerprint density at radius 1 is 1.50 bits per heavy atom. The van der Waals surface area contributed by atoms with Crippen LogP contribution in [0.3, 0.4) is 0 Å². The summed E-state index contributed by atoms with van der Waals surface area (Å²) in [5.74, 6) is -0.0918. The normalized spacial score (nSPS) is 16.8. The van der Waals surface area contributed by atoms with Crippen LogP contribution in [0.2, 0.25) is 0 Å². The third-order valence-corrected chi connectivity index (χ3v) is 4.53. The van der Waals surface area contributed by atoms with Gasteiger partial charge in [0.25, 0.3) is 0 Å². The molecule has 18 heavy (non-hydrogen) atoms. The molecule has 0 atom stereocenters. The average molecular weight is 327 g/mol. The molecular formula is C13H15BrN2OS. The van der Waals surface area contributed by atoms with Gasteiger partial charge in [-0.15, -0.1) is 0 Å². The van der Waals surface area contributed by atoms with Gasteiger partial charge >= 0.3 is 0 Å². The topological polar surface area (TPSA) is 55.1 Å². The number of nitrogens with one attached hydrogen (secondary N) is 1. The molecule has 1 aromatic carbocycles. The molecule has 5 heteroatoms. The van der Waals surface area contributed by atoms with Crippen LogP contribution in [0.5, 0.6) is 0 Å². The predicted molar refractivity (Wildman–Crippen MR) is 80.6 cm³/mol. The summed E-state index contributed by atoms with van der Waals surface area (Å²) in [5.41, 5.74) is 6.96. The van der Waals surface area contributed by atoms with E-state index in [1.807, 2.05) is 25.1 Å². The molecule has 3 N–H and O–H groups in total. The first-order valence-corrected chi connectivity index (χ1v) is 7.03. The van der Waals surface area contributed by atoms with E-state index in [0.29, 0.717) is 4.99 Å². The zero-order valence-electron chi connectivity index (χ0n) is 10.1. The Morgan fingerprint density at radius 3 is 2.61 bits per heavy atom. The lowest BCUT2D eigenvalue weighted by Crippen LogP contribution is -2.50. The Labute approximate surface area is 120 Å². The van der Waals surface area contributed by atoms with Gasteiger partial charge in [-0.3, -0.25) is 4.79 Å². The van der Waals surface area contributed by atoms with Gasteiger partial charge < -0.3 is 11.1 Å². The number of amides is 1. The van der Waals surface area contributed by atoms with Crippen molar-refractivity contribution in [3.05, 3.63) is 28.2 Å². The van der Waals surface area contributed by atoms with Gasteiger partial charge in [-0.2, -0.15) is 0 Å². The van der Waals surface area contributed by atoms with Crippen LogP contribution in [0, 0.1) is 12.3 Å². The van der Waals surface area contributed by atoms with E-state index in [-0.39, 0.29) is 5.91 Å². The molecule has 2 rings (SSSR count). The van der Waals surface area contributed by atoms with Crippen molar-refractivity contribution < 1.29 is 4.79 Å². The maximum absolute atomic E-state index is 12.3. The molecule has 1 fully saturated rings. The Kier molecular flexibility index (Phi) is 3.73. The Morgan fingerprint density at radius 2 is 2.17 bits per heavy atom. The fourth-order valence-electron chi connectivity index (χ4n) is 2.08. The molecule has 0 aliphatic heterocycles. The van der Waals surface area contributed by atoms with Crippen LogP contribution in [-0.4, -0.2) is 10.9 Å².